The van der Waals surface area contributed by atoms with Gasteiger partial charge in [0.15, 0.2) is 5.69 Å². The Morgan fingerprint density at radius 1 is 1.26 bits per heavy atom. The number of aryl methyl sites for hydroxylation is 3. The molecule has 3 heterocycles. The average molecular weight is 370 g/mol. The molecule has 0 fully saturated rings. The van der Waals surface area contributed by atoms with Crippen molar-refractivity contribution in [1.29, 1.82) is 0 Å². The van der Waals surface area contributed by atoms with Crippen molar-refractivity contribution in [1.82, 2.24) is 24.9 Å². The van der Waals surface area contributed by atoms with E-state index >= 15 is 0 Å². The maximum absolute atomic E-state index is 12.5. The van der Waals surface area contributed by atoms with Crippen LogP contribution in [0.25, 0.3) is 0 Å². The van der Waals surface area contributed by atoms with Gasteiger partial charge in [-0.25, -0.2) is 0 Å². The van der Waals surface area contributed by atoms with Crippen molar-refractivity contribution in [2.45, 2.75) is 39.9 Å². The molecule has 0 saturated carbocycles. The Kier molecular flexibility index (Phi) is 5.70. The molecule has 0 aliphatic carbocycles. The number of furan rings is 1. The molecule has 3 aromatic rings. The third-order valence-corrected chi connectivity index (χ3v) is 3.91. The lowest BCUT2D eigenvalue weighted by Crippen LogP contribution is -2.25. The third kappa shape index (κ3) is 4.84. The van der Waals surface area contributed by atoms with Gasteiger partial charge in [0, 0.05) is 31.9 Å². The molecule has 0 radical (unpaired) electrons. The maximum atomic E-state index is 12.5. The van der Waals surface area contributed by atoms with Crippen molar-refractivity contribution in [2.24, 2.45) is 0 Å². The van der Waals surface area contributed by atoms with Gasteiger partial charge in [0.25, 0.3) is 5.91 Å². The second-order valence-electron chi connectivity index (χ2n) is 6.09. The number of carbonyl (C=O) groups excluding carboxylic acids is 2. The van der Waals surface area contributed by atoms with Crippen LogP contribution in [-0.2, 0) is 24.4 Å². The second kappa shape index (κ2) is 8.35. The number of hydrogen-bond acceptors (Lipinski definition) is 5. The molecule has 142 valence electrons. The summed E-state index contributed by atoms with van der Waals surface area (Å²) in [5, 5.41) is 13.9. The maximum Gasteiger partial charge on any atom is 0.274 e. The van der Waals surface area contributed by atoms with Gasteiger partial charge in [-0.15, -0.1) is 0 Å². The van der Waals surface area contributed by atoms with Crippen molar-refractivity contribution in [3.05, 3.63) is 54.0 Å². The van der Waals surface area contributed by atoms with Gasteiger partial charge in [0.05, 0.1) is 24.7 Å². The number of aromatic nitrogens is 4. The summed E-state index contributed by atoms with van der Waals surface area (Å²) in [6.45, 7) is 5.14. The van der Waals surface area contributed by atoms with E-state index in [1.807, 2.05) is 20.0 Å². The van der Waals surface area contributed by atoms with E-state index in [4.69, 9.17) is 4.42 Å². The molecule has 0 spiro atoms. The molecule has 2 amide bonds. The van der Waals surface area contributed by atoms with Gasteiger partial charge in [0.1, 0.15) is 5.76 Å². The minimum Gasteiger partial charge on any atom is -0.467 e. The van der Waals surface area contributed by atoms with E-state index in [0.29, 0.717) is 24.5 Å². The zero-order chi connectivity index (χ0) is 19.2. The molecule has 0 saturated heterocycles. The fourth-order valence-corrected chi connectivity index (χ4v) is 2.52. The largest absolute Gasteiger partial charge is 0.467 e. The van der Waals surface area contributed by atoms with Crippen LogP contribution in [0, 0.1) is 6.92 Å². The number of nitrogens with one attached hydrogen (secondary N) is 2. The molecule has 3 aromatic heterocycles. The van der Waals surface area contributed by atoms with E-state index < -0.39 is 0 Å². The standard InChI is InChI=1S/C18H22N6O3/c1-3-23-12-15(21-16(25)6-7-24-11-13(2)9-20-24)17(22-23)18(26)19-10-14-5-4-8-27-14/h4-5,8-9,11-12H,3,6-7,10H2,1-2H3,(H,19,26)(H,21,25). The van der Waals surface area contributed by atoms with Gasteiger partial charge in [-0.05, 0) is 31.5 Å². The third-order valence-electron chi connectivity index (χ3n) is 3.91. The summed E-state index contributed by atoms with van der Waals surface area (Å²) < 4.78 is 8.51. The molecule has 3 rings (SSSR count). The first kappa shape index (κ1) is 18.4. The van der Waals surface area contributed by atoms with Crippen LogP contribution in [0.3, 0.4) is 0 Å². The highest BCUT2D eigenvalue weighted by Crippen LogP contribution is 2.15. The Balaban J connectivity index is 1.62. The van der Waals surface area contributed by atoms with Crippen molar-refractivity contribution in [2.75, 3.05) is 5.32 Å². The Morgan fingerprint density at radius 2 is 2.11 bits per heavy atom. The summed E-state index contributed by atoms with van der Waals surface area (Å²) in [7, 11) is 0. The molecule has 9 nitrogen and oxygen atoms in total. The first-order valence-corrected chi connectivity index (χ1v) is 8.72. The van der Waals surface area contributed by atoms with Crippen molar-refractivity contribution in [3.63, 3.8) is 0 Å². The van der Waals surface area contributed by atoms with Crippen molar-refractivity contribution >= 4 is 17.5 Å². The molecule has 0 aliphatic rings. The van der Waals surface area contributed by atoms with Crippen LogP contribution in [0.5, 0.6) is 0 Å². The van der Waals surface area contributed by atoms with Crippen molar-refractivity contribution < 1.29 is 14.0 Å². The number of nitrogens with zero attached hydrogens (tertiary/aromatic N) is 4. The van der Waals surface area contributed by atoms with Gasteiger partial charge in [0.2, 0.25) is 5.91 Å². The fraction of sp³-hybridized carbons (Fsp3) is 0.333. The van der Waals surface area contributed by atoms with E-state index in [0.717, 1.165) is 5.56 Å². The molecule has 0 bridgehead atoms. The Hall–Kier alpha value is -3.36. The normalized spacial score (nSPS) is 10.7. The van der Waals surface area contributed by atoms with Crippen LogP contribution in [0.2, 0.25) is 0 Å². The Morgan fingerprint density at radius 3 is 2.78 bits per heavy atom. The Labute approximate surface area is 156 Å². The lowest BCUT2D eigenvalue weighted by Gasteiger charge is -2.06. The first-order chi connectivity index (χ1) is 13.0. The van der Waals surface area contributed by atoms with Gasteiger partial charge in [-0.2, -0.15) is 10.2 Å². The van der Waals surface area contributed by atoms with Crippen LogP contribution < -0.4 is 10.6 Å². The smallest absolute Gasteiger partial charge is 0.274 e. The molecular formula is C18H22N6O3. The van der Waals surface area contributed by atoms with E-state index in [2.05, 4.69) is 20.8 Å². The van der Waals surface area contributed by atoms with Crippen LogP contribution >= 0.6 is 0 Å². The molecule has 0 atom stereocenters. The quantitative estimate of drug-likeness (QED) is 0.630. The number of hydrogen-bond donors (Lipinski definition) is 2. The summed E-state index contributed by atoms with van der Waals surface area (Å²) in [5.74, 6) is 0.0499. The molecule has 0 unspecified atom stereocenters. The van der Waals surface area contributed by atoms with Gasteiger partial charge in [-0.3, -0.25) is 19.0 Å². The van der Waals surface area contributed by atoms with E-state index in [1.165, 1.54) is 0 Å². The lowest BCUT2D eigenvalue weighted by atomic mass is 10.3. The fourth-order valence-electron chi connectivity index (χ4n) is 2.52. The summed E-state index contributed by atoms with van der Waals surface area (Å²) in [4.78, 5) is 24.7. The molecule has 0 aromatic carbocycles. The predicted octanol–water partition coefficient (Wildman–Crippen LogP) is 1.96. The summed E-state index contributed by atoms with van der Waals surface area (Å²) >= 11 is 0. The summed E-state index contributed by atoms with van der Waals surface area (Å²) in [6.07, 6.45) is 7.05. The van der Waals surface area contributed by atoms with Gasteiger partial charge in [-0.1, -0.05) is 0 Å². The zero-order valence-electron chi connectivity index (χ0n) is 15.3. The van der Waals surface area contributed by atoms with Gasteiger partial charge >= 0.3 is 0 Å². The SMILES string of the molecule is CCn1cc(NC(=O)CCn2cc(C)cn2)c(C(=O)NCc2ccco2)n1. The summed E-state index contributed by atoms with van der Waals surface area (Å²) in [5.41, 5.74) is 1.59. The molecule has 2 N–H and O–H groups in total. The number of carbonyl (C=O) groups is 2. The van der Waals surface area contributed by atoms with Crippen LogP contribution in [0.1, 0.15) is 35.2 Å². The van der Waals surface area contributed by atoms with Crippen LogP contribution in [0.4, 0.5) is 5.69 Å². The van der Waals surface area contributed by atoms with E-state index in [-0.39, 0.29) is 30.5 Å². The summed E-state index contributed by atoms with van der Waals surface area (Å²) in [6, 6.07) is 3.52. The van der Waals surface area contributed by atoms with Gasteiger partial charge < -0.3 is 15.1 Å². The van der Waals surface area contributed by atoms with Crippen molar-refractivity contribution in [3.8, 4) is 0 Å². The van der Waals surface area contributed by atoms with E-state index in [1.54, 1.807) is 40.2 Å². The second-order valence-corrected chi connectivity index (χ2v) is 6.09. The number of anilines is 1. The van der Waals surface area contributed by atoms with E-state index in [9.17, 15) is 9.59 Å². The number of rotatable bonds is 8. The highest BCUT2D eigenvalue weighted by Gasteiger charge is 2.18. The molecule has 0 aliphatic heterocycles. The minimum absolute atomic E-state index is 0.173. The topological polar surface area (TPSA) is 107 Å². The number of amides is 2. The molecule has 9 heteroatoms. The minimum atomic E-state index is -0.378. The zero-order valence-corrected chi connectivity index (χ0v) is 15.3. The molecule has 27 heavy (non-hydrogen) atoms. The lowest BCUT2D eigenvalue weighted by molar-refractivity contribution is -0.116. The van der Waals surface area contributed by atoms with Crippen LogP contribution in [0.15, 0.2) is 41.4 Å². The highest BCUT2D eigenvalue weighted by atomic mass is 16.3. The highest BCUT2D eigenvalue weighted by molar-refractivity contribution is 6.02. The Bertz CT molecular complexity index is 910. The van der Waals surface area contributed by atoms with Crippen LogP contribution in [-0.4, -0.2) is 31.4 Å². The average Bonchev–Trinajstić information content (AvgIpc) is 3.39. The molecular weight excluding hydrogens is 348 g/mol. The monoisotopic (exact) mass is 370 g/mol. The first-order valence-electron chi connectivity index (χ1n) is 8.72. The predicted molar refractivity (Wildman–Crippen MR) is 98.0 cm³/mol.